The minimum atomic E-state index is -1.25. The lowest BCUT2D eigenvalue weighted by Crippen LogP contribution is -2.53. The van der Waals surface area contributed by atoms with Crippen LogP contribution in [0.15, 0.2) is 0 Å². The van der Waals surface area contributed by atoms with Crippen LogP contribution in [0.1, 0.15) is 39.5 Å². The Morgan fingerprint density at radius 1 is 1.00 bits per heavy atom. The summed E-state index contributed by atoms with van der Waals surface area (Å²) in [5, 5.41) is 24.8. The van der Waals surface area contributed by atoms with E-state index in [-0.39, 0.29) is 38.1 Å². The fourth-order valence-electron chi connectivity index (χ4n) is 2.04. The molecule has 148 valence electrons. The normalized spacial score (nSPS) is 12.7. The first-order valence-electron chi connectivity index (χ1n) is 8.12. The molecule has 0 aromatic rings. The fraction of sp³-hybridized carbons (Fsp3) is 0.667. The number of nitrogens with two attached hydrogens (primary N) is 1. The monoisotopic (exact) mass is 374 g/mol. The van der Waals surface area contributed by atoms with Crippen LogP contribution < -0.4 is 21.7 Å². The lowest BCUT2D eigenvalue weighted by Gasteiger charge is -2.24. The van der Waals surface area contributed by atoms with Gasteiger partial charge in [0, 0.05) is 13.0 Å². The molecule has 4 amide bonds. The molecule has 0 saturated carbocycles. The van der Waals surface area contributed by atoms with Crippen molar-refractivity contribution in [2.75, 3.05) is 6.54 Å². The van der Waals surface area contributed by atoms with Gasteiger partial charge >= 0.3 is 18.0 Å². The second-order valence-corrected chi connectivity index (χ2v) is 6.02. The highest BCUT2D eigenvalue weighted by molar-refractivity contribution is 5.91. The van der Waals surface area contributed by atoms with Crippen molar-refractivity contribution < 1.29 is 34.2 Å². The van der Waals surface area contributed by atoms with E-state index < -0.39 is 41.9 Å². The van der Waals surface area contributed by atoms with Crippen LogP contribution in [0.25, 0.3) is 0 Å². The first-order chi connectivity index (χ1) is 12.0. The van der Waals surface area contributed by atoms with Crippen molar-refractivity contribution in [1.82, 2.24) is 16.0 Å². The van der Waals surface area contributed by atoms with Crippen LogP contribution in [-0.4, -0.2) is 58.6 Å². The molecule has 0 aliphatic heterocycles. The molecule has 11 nitrogen and oxygen atoms in total. The number of hydrogen-bond donors (Lipinski definition) is 6. The Balaban J connectivity index is 4.71. The smallest absolute Gasteiger partial charge is 0.326 e. The van der Waals surface area contributed by atoms with E-state index in [0.717, 1.165) is 0 Å². The summed E-state index contributed by atoms with van der Waals surface area (Å²) in [6, 6.07) is -2.93. The highest BCUT2D eigenvalue weighted by Gasteiger charge is 2.28. The van der Waals surface area contributed by atoms with Gasteiger partial charge in [-0.3, -0.25) is 14.4 Å². The summed E-state index contributed by atoms with van der Waals surface area (Å²) in [7, 11) is 0. The number of aliphatic carboxylic acids is 2. The third-order valence-corrected chi connectivity index (χ3v) is 3.41. The predicted octanol–water partition coefficient (Wildman–Crippen LogP) is -0.990. The lowest BCUT2D eigenvalue weighted by molar-refractivity contribution is -0.143. The number of carboxylic acid groups (broad SMARTS) is 2. The van der Waals surface area contributed by atoms with E-state index in [0.29, 0.717) is 0 Å². The fourth-order valence-corrected chi connectivity index (χ4v) is 2.04. The van der Waals surface area contributed by atoms with Crippen molar-refractivity contribution in [2.45, 2.75) is 51.6 Å². The number of urea groups is 1. The predicted molar refractivity (Wildman–Crippen MR) is 90.0 cm³/mol. The van der Waals surface area contributed by atoms with Gasteiger partial charge in [-0.2, -0.15) is 0 Å². The van der Waals surface area contributed by atoms with E-state index in [4.69, 9.17) is 10.8 Å². The zero-order chi connectivity index (χ0) is 20.3. The van der Waals surface area contributed by atoms with Crippen LogP contribution >= 0.6 is 0 Å². The van der Waals surface area contributed by atoms with Crippen molar-refractivity contribution in [1.29, 1.82) is 0 Å². The Labute approximate surface area is 150 Å². The van der Waals surface area contributed by atoms with Crippen LogP contribution in [0.4, 0.5) is 4.79 Å². The Morgan fingerprint density at radius 3 is 2.08 bits per heavy atom. The van der Waals surface area contributed by atoms with Crippen molar-refractivity contribution in [3.8, 4) is 0 Å². The summed E-state index contributed by atoms with van der Waals surface area (Å²) in [5.74, 6) is -4.02. The van der Waals surface area contributed by atoms with Crippen LogP contribution in [0, 0.1) is 5.92 Å². The molecule has 2 atom stereocenters. The molecule has 0 rings (SSSR count). The van der Waals surface area contributed by atoms with E-state index in [1.54, 1.807) is 13.8 Å². The highest BCUT2D eigenvalue weighted by atomic mass is 16.4. The van der Waals surface area contributed by atoms with Crippen molar-refractivity contribution in [3.63, 3.8) is 0 Å². The van der Waals surface area contributed by atoms with Gasteiger partial charge in [-0.1, -0.05) is 13.8 Å². The molecule has 0 radical (unpaired) electrons. The Kier molecular flexibility index (Phi) is 10.4. The molecule has 11 heteroatoms. The van der Waals surface area contributed by atoms with Gasteiger partial charge in [-0.05, 0) is 18.8 Å². The second-order valence-electron chi connectivity index (χ2n) is 6.02. The molecule has 0 bridgehead atoms. The van der Waals surface area contributed by atoms with Crippen LogP contribution in [0.5, 0.6) is 0 Å². The molecule has 0 spiro atoms. The number of carbonyl (C=O) groups excluding carboxylic acids is 3. The second kappa shape index (κ2) is 11.7. The topological polar surface area (TPSA) is 188 Å². The average Bonchev–Trinajstić information content (AvgIpc) is 2.52. The molecular weight excluding hydrogens is 348 g/mol. The van der Waals surface area contributed by atoms with Gasteiger partial charge in [0.1, 0.15) is 12.1 Å². The van der Waals surface area contributed by atoms with Gasteiger partial charge in [0.25, 0.3) is 0 Å². The van der Waals surface area contributed by atoms with Crippen LogP contribution in [0.3, 0.4) is 0 Å². The van der Waals surface area contributed by atoms with Gasteiger partial charge in [0.05, 0.1) is 6.42 Å². The third-order valence-electron chi connectivity index (χ3n) is 3.41. The third kappa shape index (κ3) is 10.1. The van der Waals surface area contributed by atoms with E-state index >= 15 is 0 Å². The van der Waals surface area contributed by atoms with Gasteiger partial charge in [-0.15, -0.1) is 0 Å². The number of rotatable bonds is 12. The maximum atomic E-state index is 12.3. The number of carbonyl (C=O) groups is 5. The number of amides is 4. The summed E-state index contributed by atoms with van der Waals surface area (Å²) in [4.78, 5) is 56.4. The van der Waals surface area contributed by atoms with Crippen molar-refractivity contribution in [3.05, 3.63) is 0 Å². The Bertz CT molecular complexity index is 536. The molecule has 1 unspecified atom stereocenters. The maximum Gasteiger partial charge on any atom is 0.326 e. The number of hydrogen-bond acceptors (Lipinski definition) is 5. The number of carboxylic acids is 2. The summed E-state index contributed by atoms with van der Waals surface area (Å²) < 4.78 is 0. The van der Waals surface area contributed by atoms with E-state index in [2.05, 4.69) is 16.0 Å². The van der Waals surface area contributed by atoms with E-state index in [1.165, 1.54) is 0 Å². The van der Waals surface area contributed by atoms with Crippen LogP contribution in [-0.2, 0) is 19.2 Å². The van der Waals surface area contributed by atoms with Crippen molar-refractivity contribution in [2.24, 2.45) is 11.7 Å². The SMILES string of the molecule is CC(C)C(NC(=O)CCC(=O)O)C(=O)N[C@@H](CCCNC(N)=O)C(=O)O. The van der Waals surface area contributed by atoms with Crippen molar-refractivity contribution >= 4 is 29.8 Å². The van der Waals surface area contributed by atoms with Gasteiger partial charge in [0.15, 0.2) is 0 Å². The molecule has 7 N–H and O–H groups in total. The summed E-state index contributed by atoms with van der Waals surface area (Å²) in [6.07, 6.45) is -0.327. The van der Waals surface area contributed by atoms with Gasteiger partial charge in [-0.25, -0.2) is 9.59 Å². The zero-order valence-corrected chi connectivity index (χ0v) is 14.8. The summed E-state index contributed by atoms with van der Waals surface area (Å²) in [6.45, 7) is 3.48. The minimum Gasteiger partial charge on any atom is -0.481 e. The number of nitrogens with one attached hydrogen (secondary N) is 3. The molecule has 0 fully saturated rings. The molecule has 0 aromatic heterocycles. The van der Waals surface area contributed by atoms with E-state index in [1.807, 2.05) is 0 Å². The lowest BCUT2D eigenvalue weighted by atomic mass is 10.0. The highest BCUT2D eigenvalue weighted by Crippen LogP contribution is 2.05. The standard InChI is InChI=1S/C15H26N4O7/c1-8(2)12(19-10(20)5-6-11(21)22)13(23)18-9(14(24)25)4-3-7-17-15(16)26/h8-9,12H,3-7H2,1-2H3,(H,18,23)(H,19,20)(H,21,22)(H,24,25)(H3,16,17,26)/t9-,12?/m0/s1. The number of primary amides is 1. The Morgan fingerprint density at radius 2 is 1.62 bits per heavy atom. The minimum absolute atomic E-state index is 0.0547. The molecule has 0 saturated heterocycles. The molecular formula is C15H26N4O7. The average molecular weight is 374 g/mol. The molecule has 0 aliphatic carbocycles. The molecule has 0 heterocycles. The summed E-state index contributed by atoms with van der Waals surface area (Å²) >= 11 is 0. The first-order valence-corrected chi connectivity index (χ1v) is 8.12. The Hall–Kier alpha value is -2.85. The molecule has 0 aliphatic rings. The van der Waals surface area contributed by atoms with Gasteiger partial charge < -0.3 is 31.9 Å². The van der Waals surface area contributed by atoms with E-state index in [9.17, 15) is 29.1 Å². The molecule has 0 aromatic carbocycles. The largest absolute Gasteiger partial charge is 0.481 e. The quantitative estimate of drug-likeness (QED) is 0.236. The first kappa shape index (κ1) is 23.1. The summed E-state index contributed by atoms with van der Waals surface area (Å²) in [5.41, 5.74) is 4.90. The molecule has 26 heavy (non-hydrogen) atoms. The maximum absolute atomic E-state index is 12.3. The van der Waals surface area contributed by atoms with Crippen LogP contribution in [0.2, 0.25) is 0 Å². The van der Waals surface area contributed by atoms with Gasteiger partial charge in [0.2, 0.25) is 11.8 Å². The zero-order valence-electron chi connectivity index (χ0n) is 14.8.